The summed E-state index contributed by atoms with van der Waals surface area (Å²) in [5, 5.41) is 6.04. The first-order chi connectivity index (χ1) is 11.1. The topological polar surface area (TPSA) is 50.4 Å². The van der Waals surface area contributed by atoms with Gasteiger partial charge in [0.05, 0.1) is 13.2 Å². The summed E-state index contributed by atoms with van der Waals surface area (Å²) >= 11 is 0. The van der Waals surface area contributed by atoms with Gasteiger partial charge in [0, 0.05) is 17.4 Å². The summed E-state index contributed by atoms with van der Waals surface area (Å²) in [6.45, 7) is 7.00. The van der Waals surface area contributed by atoms with Crippen molar-refractivity contribution < 1.29 is 9.53 Å². The van der Waals surface area contributed by atoms with Gasteiger partial charge in [-0.25, -0.2) is 0 Å². The van der Waals surface area contributed by atoms with Crippen LogP contribution in [0, 0.1) is 13.8 Å². The number of rotatable bonds is 7. The van der Waals surface area contributed by atoms with Crippen molar-refractivity contribution in [3.8, 4) is 5.75 Å². The van der Waals surface area contributed by atoms with Crippen LogP contribution in [0.2, 0.25) is 0 Å². The number of amides is 1. The minimum atomic E-state index is -0.0724. The molecule has 1 amide bonds. The van der Waals surface area contributed by atoms with Gasteiger partial charge >= 0.3 is 0 Å². The molecule has 0 atom stereocenters. The fraction of sp³-hybridized carbons (Fsp3) is 0.316. The van der Waals surface area contributed by atoms with E-state index in [1.807, 2.05) is 50.2 Å². The zero-order chi connectivity index (χ0) is 16.7. The monoisotopic (exact) mass is 312 g/mol. The maximum Gasteiger partial charge on any atom is 0.243 e. The maximum atomic E-state index is 12.1. The molecule has 0 heterocycles. The van der Waals surface area contributed by atoms with Gasteiger partial charge in [-0.15, -0.1) is 0 Å². The van der Waals surface area contributed by atoms with Gasteiger partial charge in [-0.1, -0.05) is 30.7 Å². The molecule has 2 aromatic rings. The molecule has 4 heteroatoms. The lowest BCUT2D eigenvalue weighted by Crippen LogP contribution is -2.22. The van der Waals surface area contributed by atoms with E-state index in [1.165, 1.54) is 5.56 Å². The molecular formula is C19H24N2O2. The second-order valence-corrected chi connectivity index (χ2v) is 5.60. The molecule has 2 rings (SSSR count). The minimum Gasteiger partial charge on any atom is -0.494 e. The van der Waals surface area contributed by atoms with Gasteiger partial charge in [-0.05, 0) is 44.0 Å². The number of carbonyl (C=O) groups is 1. The van der Waals surface area contributed by atoms with E-state index in [4.69, 9.17) is 4.74 Å². The predicted molar refractivity (Wildman–Crippen MR) is 95.3 cm³/mol. The summed E-state index contributed by atoms with van der Waals surface area (Å²) in [6, 6.07) is 13.6. The Morgan fingerprint density at radius 1 is 1.13 bits per heavy atom. The number of ether oxygens (including phenoxy) is 1. The zero-order valence-electron chi connectivity index (χ0n) is 14.0. The summed E-state index contributed by atoms with van der Waals surface area (Å²) < 4.78 is 5.58. The molecule has 0 spiro atoms. The molecule has 0 unspecified atom stereocenters. The largest absolute Gasteiger partial charge is 0.494 e. The molecule has 0 radical (unpaired) electrons. The van der Waals surface area contributed by atoms with Crippen molar-refractivity contribution in [3.63, 3.8) is 0 Å². The SMILES string of the molecule is CCCOc1cccc(NCC(=O)Nc2ccc(C)cc2C)c1. The Labute approximate surface area is 137 Å². The van der Waals surface area contributed by atoms with E-state index in [9.17, 15) is 4.79 Å². The summed E-state index contributed by atoms with van der Waals surface area (Å²) in [6.07, 6.45) is 0.968. The van der Waals surface area contributed by atoms with Gasteiger partial charge in [-0.3, -0.25) is 4.79 Å². The number of anilines is 2. The highest BCUT2D eigenvalue weighted by atomic mass is 16.5. The predicted octanol–water partition coefficient (Wildman–Crippen LogP) is 4.14. The van der Waals surface area contributed by atoms with Crippen LogP contribution in [0.4, 0.5) is 11.4 Å². The van der Waals surface area contributed by atoms with E-state index < -0.39 is 0 Å². The Hall–Kier alpha value is -2.49. The average molecular weight is 312 g/mol. The van der Waals surface area contributed by atoms with E-state index in [2.05, 4.69) is 23.6 Å². The fourth-order valence-corrected chi connectivity index (χ4v) is 2.25. The van der Waals surface area contributed by atoms with Crippen molar-refractivity contribution in [3.05, 3.63) is 53.6 Å². The first-order valence-corrected chi connectivity index (χ1v) is 7.92. The van der Waals surface area contributed by atoms with Crippen LogP contribution in [-0.2, 0) is 4.79 Å². The third-order valence-corrected chi connectivity index (χ3v) is 3.42. The highest BCUT2D eigenvalue weighted by Gasteiger charge is 2.05. The average Bonchev–Trinajstić information content (AvgIpc) is 2.54. The molecular weight excluding hydrogens is 288 g/mol. The molecule has 0 aliphatic carbocycles. The summed E-state index contributed by atoms with van der Waals surface area (Å²) in [4.78, 5) is 12.1. The smallest absolute Gasteiger partial charge is 0.243 e. The normalized spacial score (nSPS) is 10.2. The maximum absolute atomic E-state index is 12.1. The standard InChI is InChI=1S/C19H24N2O2/c1-4-10-23-17-7-5-6-16(12-17)20-13-19(22)21-18-9-8-14(2)11-15(18)3/h5-9,11-12,20H,4,10,13H2,1-3H3,(H,21,22). The molecule has 0 aliphatic rings. The Morgan fingerprint density at radius 2 is 1.96 bits per heavy atom. The van der Waals surface area contributed by atoms with Crippen LogP contribution in [0.5, 0.6) is 5.75 Å². The fourth-order valence-electron chi connectivity index (χ4n) is 2.25. The van der Waals surface area contributed by atoms with E-state index in [1.54, 1.807) is 0 Å². The van der Waals surface area contributed by atoms with Gasteiger partial charge in [0.15, 0.2) is 0 Å². The van der Waals surface area contributed by atoms with Gasteiger partial charge < -0.3 is 15.4 Å². The van der Waals surface area contributed by atoms with E-state index >= 15 is 0 Å². The number of nitrogens with one attached hydrogen (secondary N) is 2. The number of benzene rings is 2. The van der Waals surface area contributed by atoms with Crippen molar-refractivity contribution in [2.24, 2.45) is 0 Å². The number of hydrogen-bond donors (Lipinski definition) is 2. The van der Waals surface area contributed by atoms with Crippen molar-refractivity contribution >= 4 is 17.3 Å². The van der Waals surface area contributed by atoms with Gasteiger partial charge in [0.2, 0.25) is 5.91 Å². The second-order valence-electron chi connectivity index (χ2n) is 5.60. The zero-order valence-corrected chi connectivity index (χ0v) is 14.0. The first kappa shape index (κ1) is 16.9. The third-order valence-electron chi connectivity index (χ3n) is 3.42. The molecule has 2 aromatic carbocycles. The van der Waals surface area contributed by atoms with Crippen molar-refractivity contribution in [2.45, 2.75) is 27.2 Å². The highest BCUT2D eigenvalue weighted by Crippen LogP contribution is 2.18. The molecule has 0 fully saturated rings. The molecule has 23 heavy (non-hydrogen) atoms. The Morgan fingerprint density at radius 3 is 2.70 bits per heavy atom. The number of aryl methyl sites for hydroxylation is 2. The van der Waals surface area contributed by atoms with Crippen molar-refractivity contribution in [2.75, 3.05) is 23.8 Å². The van der Waals surface area contributed by atoms with Crippen LogP contribution in [0.3, 0.4) is 0 Å². The van der Waals surface area contributed by atoms with Gasteiger partial charge in [0.1, 0.15) is 5.75 Å². The molecule has 0 aromatic heterocycles. The lowest BCUT2D eigenvalue weighted by Gasteiger charge is -2.11. The molecule has 2 N–H and O–H groups in total. The summed E-state index contributed by atoms with van der Waals surface area (Å²) in [5.74, 6) is 0.739. The quantitative estimate of drug-likeness (QED) is 0.808. The van der Waals surface area contributed by atoms with Gasteiger partial charge in [0.25, 0.3) is 0 Å². The van der Waals surface area contributed by atoms with Crippen LogP contribution in [0.1, 0.15) is 24.5 Å². The van der Waals surface area contributed by atoms with E-state index in [-0.39, 0.29) is 12.5 Å². The molecule has 0 aliphatic heterocycles. The second kappa shape index (κ2) is 8.22. The number of hydrogen-bond acceptors (Lipinski definition) is 3. The molecule has 0 saturated carbocycles. The van der Waals surface area contributed by atoms with Crippen LogP contribution >= 0.6 is 0 Å². The number of carbonyl (C=O) groups excluding carboxylic acids is 1. The van der Waals surface area contributed by atoms with E-state index in [0.717, 1.165) is 29.1 Å². The van der Waals surface area contributed by atoms with Crippen LogP contribution < -0.4 is 15.4 Å². The molecule has 0 bridgehead atoms. The van der Waals surface area contributed by atoms with Gasteiger partial charge in [-0.2, -0.15) is 0 Å². The lowest BCUT2D eigenvalue weighted by atomic mass is 10.1. The molecule has 4 nitrogen and oxygen atoms in total. The first-order valence-electron chi connectivity index (χ1n) is 7.92. The summed E-state index contributed by atoms with van der Waals surface area (Å²) in [5.41, 5.74) is 3.97. The third kappa shape index (κ3) is 5.33. The Balaban J connectivity index is 1.89. The minimum absolute atomic E-state index is 0.0724. The highest BCUT2D eigenvalue weighted by molar-refractivity contribution is 5.94. The summed E-state index contributed by atoms with van der Waals surface area (Å²) in [7, 11) is 0. The van der Waals surface area contributed by atoms with Crippen LogP contribution in [-0.4, -0.2) is 19.1 Å². The molecule has 122 valence electrons. The van der Waals surface area contributed by atoms with Crippen LogP contribution in [0.25, 0.3) is 0 Å². The Kier molecular flexibility index (Phi) is 6.03. The Bertz CT molecular complexity index is 668. The molecule has 0 saturated heterocycles. The van der Waals surface area contributed by atoms with Crippen molar-refractivity contribution in [1.82, 2.24) is 0 Å². The lowest BCUT2D eigenvalue weighted by molar-refractivity contribution is -0.114. The van der Waals surface area contributed by atoms with Crippen molar-refractivity contribution in [1.29, 1.82) is 0 Å². The van der Waals surface area contributed by atoms with Crippen LogP contribution in [0.15, 0.2) is 42.5 Å². The van der Waals surface area contributed by atoms with E-state index in [0.29, 0.717) is 6.61 Å².